The molecule has 0 atom stereocenters. The lowest BCUT2D eigenvalue weighted by Gasteiger charge is -2.17. The quantitative estimate of drug-likeness (QED) is 0.529. The molecule has 0 aliphatic heterocycles. The highest BCUT2D eigenvalue weighted by Crippen LogP contribution is 2.35. The molecule has 120 valence electrons. The molecule has 21 heavy (non-hydrogen) atoms. The SMILES string of the molecule is CCOC(CSc1cc(OC)cc(C(F)(F)F)c1)OCC. The first-order valence-electron chi connectivity index (χ1n) is 6.53. The largest absolute Gasteiger partial charge is 0.497 e. The number of methoxy groups -OCH3 is 1. The van der Waals surface area contributed by atoms with Gasteiger partial charge in [0.15, 0.2) is 6.29 Å². The van der Waals surface area contributed by atoms with Crippen LogP contribution in [-0.2, 0) is 15.7 Å². The van der Waals surface area contributed by atoms with E-state index in [0.717, 1.165) is 12.1 Å². The Balaban J connectivity index is 2.82. The van der Waals surface area contributed by atoms with Crippen molar-refractivity contribution in [3.63, 3.8) is 0 Å². The van der Waals surface area contributed by atoms with Crippen LogP contribution in [0.2, 0.25) is 0 Å². The number of ether oxygens (including phenoxy) is 3. The summed E-state index contributed by atoms with van der Waals surface area (Å²) in [6.07, 6.45) is -4.84. The molecule has 0 N–H and O–H groups in total. The second-order valence-corrected chi connectivity index (χ2v) is 5.14. The van der Waals surface area contributed by atoms with Crippen LogP contribution in [0.3, 0.4) is 0 Å². The fraction of sp³-hybridized carbons (Fsp3) is 0.571. The Kier molecular flexibility index (Phi) is 7.34. The first kappa shape index (κ1) is 18.1. The van der Waals surface area contributed by atoms with Crippen LogP contribution < -0.4 is 4.74 Å². The molecule has 7 heteroatoms. The summed E-state index contributed by atoms with van der Waals surface area (Å²) in [6, 6.07) is 3.64. The van der Waals surface area contributed by atoms with E-state index >= 15 is 0 Å². The standard InChI is InChI=1S/C14H19F3O3S/c1-4-19-13(20-5-2)9-21-12-7-10(14(15,16)17)6-11(8-12)18-3/h6-8,13H,4-5,9H2,1-3H3. The molecular weight excluding hydrogens is 305 g/mol. The van der Waals surface area contributed by atoms with E-state index in [0.29, 0.717) is 23.9 Å². The Labute approximate surface area is 126 Å². The van der Waals surface area contributed by atoms with Crippen LogP contribution in [0.1, 0.15) is 19.4 Å². The molecule has 0 heterocycles. The van der Waals surface area contributed by atoms with Crippen molar-refractivity contribution in [1.82, 2.24) is 0 Å². The maximum Gasteiger partial charge on any atom is 0.416 e. The highest BCUT2D eigenvalue weighted by molar-refractivity contribution is 7.99. The highest BCUT2D eigenvalue weighted by Gasteiger charge is 2.31. The zero-order valence-corrected chi connectivity index (χ0v) is 13.0. The van der Waals surface area contributed by atoms with Crippen LogP contribution >= 0.6 is 11.8 Å². The number of halogens is 3. The van der Waals surface area contributed by atoms with Gasteiger partial charge >= 0.3 is 6.18 Å². The smallest absolute Gasteiger partial charge is 0.416 e. The van der Waals surface area contributed by atoms with Crippen molar-refractivity contribution in [2.45, 2.75) is 31.2 Å². The Morgan fingerprint density at radius 3 is 2.19 bits per heavy atom. The molecule has 0 aliphatic carbocycles. The summed E-state index contributed by atoms with van der Waals surface area (Å²) in [5.74, 6) is 0.586. The van der Waals surface area contributed by atoms with Crippen molar-refractivity contribution in [3.8, 4) is 5.75 Å². The maximum atomic E-state index is 12.8. The topological polar surface area (TPSA) is 27.7 Å². The monoisotopic (exact) mass is 324 g/mol. The number of hydrogen-bond donors (Lipinski definition) is 0. The van der Waals surface area contributed by atoms with Crippen molar-refractivity contribution in [1.29, 1.82) is 0 Å². The Morgan fingerprint density at radius 2 is 1.71 bits per heavy atom. The maximum absolute atomic E-state index is 12.8. The van der Waals surface area contributed by atoms with Gasteiger partial charge in [0.05, 0.1) is 12.7 Å². The summed E-state index contributed by atoms with van der Waals surface area (Å²) in [4.78, 5) is 0.464. The third kappa shape index (κ3) is 6.15. The fourth-order valence-corrected chi connectivity index (χ4v) is 2.55. The van der Waals surface area contributed by atoms with Crippen LogP contribution in [-0.4, -0.2) is 32.4 Å². The molecule has 1 rings (SSSR count). The fourth-order valence-electron chi connectivity index (χ4n) is 1.62. The summed E-state index contributed by atoms with van der Waals surface area (Å²) >= 11 is 1.24. The molecule has 0 radical (unpaired) electrons. The van der Waals surface area contributed by atoms with E-state index < -0.39 is 18.0 Å². The molecule has 0 saturated heterocycles. The molecule has 0 amide bonds. The summed E-state index contributed by atoms with van der Waals surface area (Å²) < 4.78 is 54.1. The van der Waals surface area contributed by atoms with Crippen LogP contribution in [0.15, 0.2) is 23.1 Å². The van der Waals surface area contributed by atoms with Crippen LogP contribution in [0.5, 0.6) is 5.75 Å². The predicted molar refractivity (Wildman–Crippen MR) is 75.8 cm³/mol. The van der Waals surface area contributed by atoms with Crippen molar-refractivity contribution in [3.05, 3.63) is 23.8 Å². The van der Waals surface area contributed by atoms with E-state index in [1.165, 1.54) is 18.9 Å². The van der Waals surface area contributed by atoms with E-state index in [-0.39, 0.29) is 5.75 Å². The third-order valence-corrected chi connectivity index (χ3v) is 3.54. The molecule has 0 aromatic heterocycles. The normalized spacial score (nSPS) is 12.0. The number of thioether (sulfide) groups is 1. The van der Waals surface area contributed by atoms with Gasteiger partial charge in [-0.15, -0.1) is 11.8 Å². The van der Waals surface area contributed by atoms with Gasteiger partial charge in [0.25, 0.3) is 0 Å². The predicted octanol–water partition coefficient (Wildman–Crippen LogP) is 4.21. The lowest BCUT2D eigenvalue weighted by atomic mass is 10.2. The van der Waals surface area contributed by atoms with Crippen molar-refractivity contribution in [2.24, 2.45) is 0 Å². The Morgan fingerprint density at radius 1 is 1.10 bits per heavy atom. The van der Waals surface area contributed by atoms with E-state index in [2.05, 4.69) is 0 Å². The lowest BCUT2D eigenvalue weighted by Crippen LogP contribution is -2.20. The number of rotatable bonds is 8. The minimum Gasteiger partial charge on any atom is -0.497 e. The Bertz CT molecular complexity index is 432. The molecule has 0 spiro atoms. The molecule has 0 fully saturated rings. The van der Waals surface area contributed by atoms with Gasteiger partial charge in [-0.05, 0) is 32.0 Å². The molecular formula is C14H19F3O3S. The second kappa shape index (κ2) is 8.51. The van der Waals surface area contributed by atoms with Crippen molar-refractivity contribution < 1.29 is 27.4 Å². The number of alkyl halides is 3. The average molecular weight is 324 g/mol. The lowest BCUT2D eigenvalue weighted by molar-refractivity contribution is -0.137. The van der Waals surface area contributed by atoms with Crippen LogP contribution in [0, 0.1) is 0 Å². The average Bonchev–Trinajstić information content (AvgIpc) is 2.44. The van der Waals surface area contributed by atoms with E-state index in [9.17, 15) is 13.2 Å². The Hall–Kier alpha value is -0.920. The zero-order valence-electron chi connectivity index (χ0n) is 12.2. The highest BCUT2D eigenvalue weighted by atomic mass is 32.2. The first-order chi connectivity index (χ1) is 9.90. The molecule has 3 nitrogen and oxygen atoms in total. The van der Waals surface area contributed by atoms with Crippen LogP contribution in [0.25, 0.3) is 0 Å². The first-order valence-corrected chi connectivity index (χ1v) is 7.51. The van der Waals surface area contributed by atoms with Gasteiger partial charge in [-0.25, -0.2) is 0 Å². The zero-order chi connectivity index (χ0) is 15.9. The van der Waals surface area contributed by atoms with Gasteiger partial charge in [0.2, 0.25) is 0 Å². The minimum atomic E-state index is -4.40. The van der Waals surface area contributed by atoms with E-state index in [4.69, 9.17) is 14.2 Å². The van der Waals surface area contributed by atoms with Gasteiger partial charge in [-0.2, -0.15) is 13.2 Å². The molecule has 0 bridgehead atoms. The van der Waals surface area contributed by atoms with E-state index in [1.807, 2.05) is 13.8 Å². The van der Waals surface area contributed by atoms with Gasteiger partial charge < -0.3 is 14.2 Å². The number of benzene rings is 1. The van der Waals surface area contributed by atoms with Gasteiger partial charge in [0, 0.05) is 23.9 Å². The van der Waals surface area contributed by atoms with Crippen molar-refractivity contribution >= 4 is 11.8 Å². The summed E-state index contributed by atoms with van der Waals surface area (Å²) in [7, 11) is 1.34. The molecule has 1 aromatic carbocycles. The molecule has 0 unspecified atom stereocenters. The number of hydrogen-bond acceptors (Lipinski definition) is 4. The molecule has 0 aliphatic rings. The van der Waals surface area contributed by atoms with Gasteiger partial charge in [-0.3, -0.25) is 0 Å². The summed E-state index contributed by atoms with van der Waals surface area (Å²) in [5.41, 5.74) is -0.728. The van der Waals surface area contributed by atoms with Crippen LogP contribution in [0.4, 0.5) is 13.2 Å². The van der Waals surface area contributed by atoms with Gasteiger partial charge in [0.1, 0.15) is 5.75 Å². The minimum absolute atomic E-state index is 0.177. The van der Waals surface area contributed by atoms with Crippen molar-refractivity contribution in [2.75, 3.05) is 26.1 Å². The second-order valence-electron chi connectivity index (χ2n) is 4.05. The van der Waals surface area contributed by atoms with E-state index in [1.54, 1.807) is 6.07 Å². The summed E-state index contributed by atoms with van der Waals surface area (Å²) in [5, 5.41) is 0. The van der Waals surface area contributed by atoms with Gasteiger partial charge in [-0.1, -0.05) is 0 Å². The molecule has 0 saturated carbocycles. The molecule has 1 aromatic rings. The summed E-state index contributed by atoms with van der Waals surface area (Å²) in [6.45, 7) is 4.64. The third-order valence-electron chi connectivity index (χ3n) is 2.53.